The Hall–Kier alpha value is -1.62. The van der Waals surface area contributed by atoms with Gasteiger partial charge in [-0.1, -0.05) is 18.2 Å². The predicted molar refractivity (Wildman–Crippen MR) is 52.0 cm³/mol. The van der Waals surface area contributed by atoms with Crippen LogP contribution in [-0.4, -0.2) is 17.6 Å². The van der Waals surface area contributed by atoms with Gasteiger partial charge in [0.05, 0.1) is 6.54 Å². The molecular weight excluding hydrogens is 185 g/mol. The van der Waals surface area contributed by atoms with Crippen LogP contribution in [0.15, 0.2) is 29.3 Å². The monoisotopic (exact) mass is 197 g/mol. The largest absolute Gasteiger partial charge is 0.386 e. The number of benzene rings is 1. The summed E-state index contributed by atoms with van der Waals surface area (Å²) < 4.78 is 13.1. The van der Waals surface area contributed by atoms with E-state index in [2.05, 4.69) is 4.99 Å². The first-order valence-electron chi connectivity index (χ1n) is 4.09. The van der Waals surface area contributed by atoms with Crippen molar-refractivity contribution in [1.29, 1.82) is 0 Å². The van der Waals surface area contributed by atoms with Gasteiger partial charge in [0, 0.05) is 5.56 Å². The van der Waals surface area contributed by atoms with E-state index in [-0.39, 0.29) is 18.1 Å². The van der Waals surface area contributed by atoms with Crippen molar-refractivity contribution in [3.63, 3.8) is 0 Å². The zero-order chi connectivity index (χ0) is 10.6. The number of aliphatic hydroxyl groups excluding tert-OH is 1. The van der Waals surface area contributed by atoms with E-state index in [1.807, 2.05) is 0 Å². The molecule has 0 saturated heterocycles. The highest BCUT2D eigenvalue weighted by atomic mass is 19.1. The molecule has 0 saturated carbocycles. The minimum atomic E-state index is -1.02. The number of guanidine groups is 1. The second kappa shape index (κ2) is 4.57. The Balaban J connectivity index is 2.74. The molecule has 0 radical (unpaired) electrons. The Morgan fingerprint density at radius 3 is 2.64 bits per heavy atom. The number of aliphatic hydroxyl groups is 1. The molecule has 0 aliphatic rings. The van der Waals surface area contributed by atoms with Crippen molar-refractivity contribution in [2.45, 2.75) is 6.10 Å². The summed E-state index contributed by atoms with van der Waals surface area (Å²) in [5.41, 5.74) is 10.4. The Bertz CT molecular complexity index is 337. The second-order valence-electron chi connectivity index (χ2n) is 2.80. The van der Waals surface area contributed by atoms with Crippen molar-refractivity contribution in [3.8, 4) is 0 Å². The average molecular weight is 197 g/mol. The van der Waals surface area contributed by atoms with E-state index < -0.39 is 11.9 Å². The molecular formula is C9H12FN3O. The molecule has 0 aliphatic heterocycles. The van der Waals surface area contributed by atoms with Crippen LogP contribution in [0.3, 0.4) is 0 Å². The lowest BCUT2D eigenvalue weighted by Crippen LogP contribution is -2.23. The molecule has 1 aromatic rings. The molecule has 0 aromatic heterocycles. The van der Waals surface area contributed by atoms with Gasteiger partial charge in [0.15, 0.2) is 5.96 Å². The van der Waals surface area contributed by atoms with Gasteiger partial charge in [-0.2, -0.15) is 0 Å². The van der Waals surface area contributed by atoms with E-state index in [0.717, 1.165) is 0 Å². The maximum Gasteiger partial charge on any atom is 0.186 e. The fourth-order valence-corrected chi connectivity index (χ4v) is 1.04. The van der Waals surface area contributed by atoms with Gasteiger partial charge in [-0.05, 0) is 6.07 Å². The van der Waals surface area contributed by atoms with Crippen LogP contribution < -0.4 is 11.5 Å². The minimum Gasteiger partial charge on any atom is -0.386 e. The molecule has 4 nitrogen and oxygen atoms in total. The number of hydrogen-bond acceptors (Lipinski definition) is 2. The van der Waals surface area contributed by atoms with Crippen LogP contribution in [0.4, 0.5) is 4.39 Å². The molecule has 0 amide bonds. The highest BCUT2D eigenvalue weighted by molar-refractivity contribution is 5.75. The summed E-state index contributed by atoms with van der Waals surface area (Å²) in [7, 11) is 0. The molecule has 1 rings (SSSR count). The maximum atomic E-state index is 13.1. The first-order chi connectivity index (χ1) is 6.61. The highest BCUT2D eigenvalue weighted by Crippen LogP contribution is 2.16. The van der Waals surface area contributed by atoms with Gasteiger partial charge in [0.1, 0.15) is 11.9 Å². The molecule has 0 heterocycles. The fourth-order valence-electron chi connectivity index (χ4n) is 1.04. The molecule has 5 heteroatoms. The van der Waals surface area contributed by atoms with E-state index in [1.54, 1.807) is 12.1 Å². The van der Waals surface area contributed by atoms with Gasteiger partial charge >= 0.3 is 0 Å². The lowest BCUT2D eigenvalue weighted by molar-refractivity contribution is 0.182. The van der Waals surface area contributed by atoms with E-state index >= 15 is 0 Å². The third kappa shape index (κ3) is 2.70. The standard InChI is InChI=1S/C9H12FN3O/c10-7-4-2-1-3-6(7)8(14)5-13-9(11)12/h1-4,8,14H,5H2,(H4,11,12,13). The Kier molecular flexibility index (Phi) is 3.41. The molecule has 5 N–H and O–H groups in total. The molecule has 76 valence electrons. The van der Waals surface area contributed by atoms with Gasteiger partial charge in [-0.25, -0.2) is 4.39 Å². The maximum absolute atomic E-state index is 13.1. The summed E-state index contributed by atoms with van der Waals surface area (Å²) in [5, 5.41) is 9.49. The summed E-state index contributed by atoms with van der Waals surface area (Å²) in [6.45, 7) is -0.0384. The van der Waals surface area contributed by atoms with Crippen LogP contribution in [0, 0.1) is 5.82 Å². The minimum absolute atomic E-state index is 0.0384. The van der Waals surface area contributed by atoms with Crippen LogP contribution in [0.5, 0.6) is 0 Å². The molecule has 0 bridgehead atoms. The van der Waals surface area contributed by atoms with Crippen molar-refractivity contribution in [2.24, 2.45) is 16.5 Å². The van der Waals surface area contributed by atoms with Gasteiger partial charge in [0.25, 0.3) is 0 Å². The number of halogens is 1. The van der Waals surface area contributed by atoms with Crippen molar-refractivity contribution in [2.75, 3.05) is 6.54 Å². The number of hydrogen-bond donors (Lipinski definition) is 3. The fraction of sp³-hybridized carbons (Fsp3) is 0.222. The molecule has 0 fully saturated rings. The number of aliphatic imine (C=N–C) groups is 1. The lowest BCUT2D eigenvalue weighted by Gasteiger charge is -2.08. The summed E-state index contributed by atoms with van der Waals surface area (Å²) in [6.07, 6.45) is -1.02. The Morgan fingerprint density at radius 1 is 1.43 bits per heavy atom. The first kappa shape index (κ1) is 10.5. The third-order valence-corrected chi connectivity index (χ3v) is 1.71. The van der Waals surface area contributed by atoms with Crippen LogP contribution in [-0.2, 0) is 0 Å². The molecule has 0 spiro atoms. The molecule has 1 aromatic carbocycles. The van der Waals surface area contributed by atoms with Crippen LogP contribution in [0.25, 0.3) is 0 Å². The molecule has 1 atom stereocenters. The zero-order valence-corrected chi connectivity index (χ0v) is 7.52. The van der Waals surface area contributed by atoms with Crippen LogP contribution in [0.2, 0.25) is 0 Å². The van der Waals surface area contributed by atoms with E-state index in [9.17, 15) is 9.50 Å². The quantitative estimate of drug-likeness (QED) is 0.475. The second-order valence-corrected chi connectivity index (χ2v) is 2.80. The number of rotatable bonds is 3. The first-order valence-corrected chi connectivity index (χ1v) is 4.09. The predicted octanol–water partition coefficient (Wildman–Crippen LogP) is 0.133. The molecule has 14 heavy (non-hydrogen) atoms. The number of nitrogens with zero attached hydrogens (tertiary/aromatic N) is 1. The smallest absolute Gasteiger partial charge is 0.186 e. The number of nitrogens with two attached hydrogens (primary N) is 2. The summed E-state index contributed by atoms with van der Waals surface area (Å²) in [6, 6.07) is 5.94. The van der Waals surface area contributed by atoms with Gasteiger partial charge in [0.2, 0.25) is 0 Å². The molecule has 0 aliphatic carbocycles. The van der Waals surface area contributed by atoms with Crippen molar-refractivity contribution < 1.29 is 9.50 Å². The van der Waals surface area contributed by atoms with Crippen LogP contribution >= 0.6 is 0 Å². The Labute approximate surface area is 81.1 Å². The summed E-state index contributed by atoms with van der Waals surface area (Å²) in [5.74, 6) is -0.591. The van der Waals surface area contributed by atoms with Gasteiger partial charge in [-0.3, -0.25) is 4.99 Å². The Morgan fingerprint density at radius 2 is 2.07 bits per heavy atom. The van der Waals surface area contributed by atoms with Crippen LogP contribution in [0.1, 0.15) is 11.7 Å². The van der Waals surface area contributed by atoms with Crippen molar-refractivity contribution in [1.82, 2.24) is 0 Å². The van der Waals surface area contributed by atoms with E-state index in [4.69, 9.17) is 11.5 Å². The average Bonchev–Trinajstić information content (AvgIpc) is 2.15. The highest BCUT2D eigenvalue weighted by Gasteiger charge is 2.10. The molecule has 1 unspecified atom stereocenters. The lowest BCUT2D eigenvalue weighted by atomic mass is 10.1. The van der Waals surface area contributed by atoms with Gasteiger partial charge in [-0.15, -0.1) is 0 Å². The normalized spacial score (nSPS) is 12.1. The SMILES string of the molecule is NC(N)=NCC(O)c1ccccc1F. The zero-order valence-electron chi connectivity index (χ0n) is 7.52. The van der Waals surface area contributed by atoms with E-state index in [0.29, 0.717) is 0 Å². The van der Waals surface area contributed by atoms with Crippen molar-refractivity contribution in [3.05, 3.63) is 35.6 Å². The summed E-state index contributed by atoms with van der Waals surface area (Å²) >= 11 is 0. The topological polar surface area (TPSA) is 84.6 Å². The van der Waals surface area contributed by atoms with Crippen molar-refractivity contribution >= 4 is 5.96 Å². The van der Waals surface area contributed by atoms with E-state index in [1.165, 1.54) is 12.1 Å². The third-order valence-electron chi connectivity index (χ3n) is 1.71. The summed E-state index contributed by atoms with van der Waals surface area (Å²) in [4.78, 5) is 3.60. The van der Waals surface area contributed by atoms with Gasteiger partial charge < -0.3 is 16.6 Å².